The first-order valence-corrected chi connectivity index (χ1v) is 7.12. The monoisotopic (exact) mass is 329 g/mol. The summed E-state index contributed by atoms with van der Waals surface area (Å²) in [6.45, 7) is 1.09. The van der Waals surface area contributed by atoms with E-state index in [9.17, 15) is 20.0 Å². The molecule has 0 saturated carbocycles. The summed E-state index contributed by atoms with van der Waals surface area (Å²) in [5.41, 5.74) is -0.162. The molecule has 1 atom stereocenters. The molecule has 2 heterocycles. The van der Waals surface area contributed by atoms with Crippen molar-refractivity contribution in [2.24, 2.45) is 5.92 Å². The first kappa shape index (κ1) is 16.4. The number of rotatable bonds is 4. The van der Waals surface area contributed by atoms with Gasteiger partial charge < -0.3 is 14.7 Å². The standard InChI is InChI=1S/C13H16ClN3O5/c1-22-13(19)11(18)8-2-4-16(5-3-8)12-10(14)6-9(7-15-12)17(20)21/h6-8,11,18H,2-5H2,1H3. The zero-order valence-corrected chi connectivity index (χ0v) is 12.7. The number of hydrogen-bond acceptors (Lipinski definition) is 7. The maximum Gasteiger partial charge on any atom is 0.334 e. The van der Waals surface area contributed by atoms with E-state index in [0.717, 1.165) is 6.20 Å². The molecule has 1 aromatic heterocycles. The highest BCUT2D eigenvalue weighted by Gasteiger charge is 2.31. The second kappa shape index (κ2) is 6.89. The second-order valence-electron chi connectivity index (χ2n) is 5.05. The summed E-state index contributed by atoms with van der Waals surface area (Å²) >= 11 is 6.05. The van der Waals surface area contributed by atoms with Crippen molar-refractivity contribution in [2.75, 3.05) is 25.1 Å². The minimum atomic E-state index is -1.13. The molecule has 0 radical (unpaired) electrons. The normalized spacial score (nSPS) is 17.1. The van der Waals surface area contributed by atoms with E-state index >= 15 is 0 Å². The van der Waals surface area contributed by atoms with E-state index < -0.39 is 17.0 Å². The Hall–Kier alpha value is -1.93. The van der Waals surface area contributed by atoms with Crippen LogP contribution in [0.15, 0.2) is 12.3 Å². The SMILES string of the molecule is COC(=O)C(O)C1CCN(c2ncc([N+](=O)[O-])cc2Cl)CC1. The average Bonchev–Trinajstić information content (AvgIpc) is 2.53. The number of aromatic nitrogens is 1. The van der Waals surface area contributed by atoms with E-state index in [1.54, 1.807) is 0 Å². The maximum atomic E-state index is 11.3. The molecule has 1 N–H and O–H groups in total. The van der Waals surface area contributed by atoms with E-state index in [1.165, 1.54) is 13.2 Å². The smallest absolute Gasteiger partial charge is 0.334 e. The number of ether oxygens (including phenoxy) is 1. The summed E-state index contributed by atoms with van der Waals surface area (Å²) in [5.74, 6) is -0.344. The van der Waals surface area contributed by atoms with Crippen LogP contribution in [0, 0.1) is 16.0 Å². The maximum absolute atomic E-state index is 11.3. The van der Waals surface area contributed by atoms with Crippen molar-refractivity contribution in [3.05, 3.63) is 27.4 Å². The Bertz CT molecular complexity index is 575. The Morgan fingerprint density at radius 2 is 2.23 bits per heavy atom. The van der Waals surface area contributed by atoms with Gasteiger partial charge in [-0.25, -0.2) is 9.78 Å². The highest BCUT2D eigenvalue weighted by atomic mass is 35.5. The third-order valence-corrected chi connectivity index (χ3v) is 4.02. The number of nitro groups is 1. The number of pyridine rings is 1. The number of aliphatic hydroxyl groups is 1. The molecule has 0 spiro atoms. The molecular weight excluding hydrogens is 314 g/mol. The Labute approximate surface area is 131 Å². The number of anilines is 1. The lowest BCUT2D eigenvalue weighted by Gasteiger charge is -2.34. The lowest BCUT2D eigenvalue weighted by molar-refractivity contribution is -0.385. The van der Waals surface area contributed by atoms with E-state index in [4.69, 9.17) is 11.6 Å². The van der Waals surface area contributed by atoms with Crippen molar-refractivity contribution in [3.8, 4) is 0 Å². The van der Waals surface area contributed by atoms with Gasteiger partial charge in [-0.15, -0.1) is 0 Å². The van der Waals surface area contributed by atoms with E-state index in [-0.39, 0.29) is 16.6 Å². The predicted octanol–water partition coefficient (Wildman–Crippen LogP) is 1.39. The van der Waals surface area contributed by atoms with Crippen molar-refractivity contribution in [2.45, 2.75) is 18.9 Å². The van der Waals surface area contributed by atoms with Gasteiger partial charge in [0.05, 0.1) is 17.1 Å². The highest BCUT2D eigenvalue weighted by Crippen LogP contribution is 2.31. The van der Waals surface area contributed by atoms with E-state index in [0.29, 0.717) is 31.7 Å². The molecular formula is C13H16ClN3O5. The van der Waals surface area contributed by atoms with Gasteiger partial charge in [0, 0.05) is 19.2 Å². The first-order valence-electron chi connectivity index (χ1n) is 6.74. The fourth-order valence-corrected chi connectivity index (χ4v) is 2.77. The van der Waals surface area contributed by atoms with Crippen molar-refractivity contribution >= 4 is 29.1 Å². The number of carbonyl (C=O) groups is 1. The lowest BCUT2D eigenvalue weighted by atomic mass is 9.91. The summed E-state index contributed by atoms with van der Waals surface area (Å²) in [7, 11) is 1.24. The van der Waals surface area contributed by atoms with Crippen molar-refractivity contribution in [3.63, 3.8) is 0 Å². The van der Waals surface area contributed by atoms with Gasteiger partial charge in [0.1, 0.15) is 12.0 Å². The van der Waals surface area contributed by atoms with Crippen LogP contribution in [0.1, 0.15) is 12.8 Å². The van der Waals surface area contributed by atoms with Gasteiger partial charge >= 0.3 is 5.97 Å². The summed E-state index contributed by atoms with van der Waals surface area (Å²) in [5, 5.41) is 20.7. The van der Waals surface area contributed by atoms with Gasteiger partial charge in [0.25, 0.3) is 5.69 Å². The molecule has 9 heteroatoms. The second-order valence-corrected chi connectivity index (χ2v) is 5.46. The number of piperidine rings is 1. The van der Waals surface area contributed by atoms with Crippen molar-refractivity contribution < 1.29 is 19.6 Å². The van der Waals surface area contributed by atoms with Crippen LogP contribution in [0.4, 0.5) is 11.5 Å². The number of carbonyl (C=O) groups excluding carboxylic acids is 1. The molecule has 0 aliphatic carbocycles. The third-order valence-electron chi connectivity index (χ3n) is 3.75. The minimum Gasteiger partial charge on any atom is -0.467 e. The van der Waals surface area contributed by atoms with Crippen molar-refractivity contribution in [1.82, 2.24) is 4.98 Å². The van der Waals surface area contributed by atoms with Gasteiger partial charge in [-0.1, -0.05) is 11.6 Å². The zero-order valence-electron chi connectivity index (χ0n) is 11.9. The van der Waals surface area contributed by atoms with Crippen LogP contribution < -0.4 is 4.90 Å². The number of aliphatic hydroxyl groups excluding tert-OH is 1. The van der Waals surface area contributed by atoms with Gasteiger partial charge in [-0.05, 0) is 18.8 Å². The molecule has 1 aliphatic heterocycles. The van der Waals surface area contributed by atoms with E-state index in [2.05, 4.69) is 9.72 Å². The molecule has 1 aromatic rings. The van der Waals surface area contributed by atoms with Crippen LogP contribution in [-0.4, -0.2) is 47.3 Å². The molecule has 8 nitrogen and oxygen atoms in total. The van der Waals surface area contributed by atoms with Gasteiger partial charge in [-0.2, -0.15) is 0 Å². The molecule has 1 unspecified atom stereocenters. The Kier molecular flexibility index (Phi) is 5.15. The molecule has 2 rings (SSSR count). The zero-order chi connectivity index (χ0) is 16.3. The van der Waals surface area contributed by atoms with Gasteiger partial charge in [0.2, 0.25) is 0 Å². The fraction of sp³-hybridized carbons (Fsp3) is 0.538. The third kappa shape index (κ3) is 3.45. The fourth-order valence-electron chi connectivity index (χ4n) is 2.49. The summed E-state index contributed by atoms with van der Waals surface area (Å²) < 4.78 is 4.53. The number of methoxy groups -OCH3 is 1. The highest BCUT2D eigenvalue weighted by molar-refractivity contribution is 6.33. The quantitative estimate of drug-likeness (QED) is 0.505. The Balaban J connectivity index is 2.03. The molecule has 1 fully saturated rings. The Morgan fingerprint density at radius 3 is 2.73 bits per heavy atom. The van der Waals surface area contributed by atoms with Crippen molar-refractivity contribution in [1.29, 1.82) is 0 Å². The van der Waals surface area contributed by atoms with Crippen LogP contribution in [0.5, 0.6) is 0 Å². The lowest BCUT2D eigenvalue weighted by Crippen LogP contribution is -2.41. The number of halogens is 1. The molecule has 0 aromatic carbocycles. The molecule has 0 amide bonds. The molecule has 0 bridgehead atoms. The molecule has 120 valence electrons. The summed E-state index contributed by atoms with van der Waals surface area (Å²) in [4.78, 5) is 27.4. The number of nitrogens with zero attached hydrogens (tertiary/aromatic N) is 3. The van der Waals surface area contributed by atoms with Gasteiger partial charge in [0.15, 0.2) is 6.10 Å². The Morgan fingerprint density at radius 1 is 1.59 bits per heavy atom. The molecule has 1 aliphatic rings. The van der Waals surface area contributed by atoms with Crippen LogP contribution in [-0.2, 0) is 9.53 Å². The summed E-state index contributed by atoms with van der Waals surface area (Å²) in [6.07, 6.45) is 1.18. The predicted molar refractivity (Wildman–Crippen MR) is 78.9 cm³/mol. The number of esters is 1. The van der Waals surface area contributed by atoms with Crippen LogP contribution in [0.3, 0.4) is 0 Å². The average molecular weight is 330 g/mol. The largest absolute Gasteiger partial charge is 0.467 e. The molecule has 22 heavy (non-hydrogen) atoms. The van der Waals surface area contributed by atoms with Crippen LogP contribution in [0.25, 0.3) is 0 Å². The number of hydrogen-bond donors (Lipinski definition) is 1. The minimum absolute atomic E-state index is 0.162. The van der Waals surface area contributed by atoms with Gasteiger partial charge in [-0.3, -0.25) is 10.1 Å². The summed E-state index contributed by atoms with van der Waals surface area (Å²) in [6, 6.07) is 1.26. The first-order chi connectivity index (χ1) is 10.4. The van der Waals surface area contributed by atoms with E-state index in [1.807, 2.05) is 4.90 Å². The van der Waals surface area contributed by atoms with Crippen LogP contribution >= 0.6 is 11.6 Å². The topological polar surface area (TPSA) is 106 Å². The molecule has 1 saturated heterocycles. The van der Waals surface area contributed by atoms with Crippen LogP contribution in [0.2, 0.25) is 5.02 Å².